The van der Waals surface area contributed by atoms with Crippen molar-refractivity contribution in [1.82, 2.24) is 4.90 Å². The third-order valence-corrected chi connectivity index (χ3v) is 2.36. The number of carbonyl (C=O) groups excluding carboxylic acids is 1. The molecule has 98 valence electrons. The maximum absolute atomic E-state index is 13.4. The number of carbonyl (C=O) groups is 2. The summed E-state index contributed by atoms with van der Waals surface area (Å²) in [4.78, 5) is 23.5. The van der Waals surface area contributed by atoms with Crippen LogP contribution in [0.1, 0.15) is 16.8 Å². The van der Waals surface area contributed by atoms with Gasteiger partial charge in [-0.05, 0) is 12.1 Å². The quantitative estimate of drug-likeness (QED) is 0.785. The number of nitrogens with zero attached hydrogens (tertiary/aromatic N) is 1. The molecule has 1 aromatic rings. The van der Waals surface area contributed by atoms with Crippen LogP contribution in [0.2, 0.25) is 0 Å². The van der Waals surface area contributed by atoms with E-state index in [4.69, 9.17) is 10.2 Å². The zero-order chi connectivity index (χ0) is 13.5. The Labute approximate surface area is 103 Å². The number of hydrogen-bond donors (Lipinski definition) is 2. The lowest BCUT2D eigenvalue weighted by atomic mass is 10.2. The molecule has 18 heavy (non-hydrogen) atoms. The van der Waals surface area contributed by atoms with E-state index in [2.05, 4.69) is 0 Å². The van der Waals surface area contributed by atoms with Gasteiger partial charge in [0.25, 0.3) is 5.91 Å². The molecule has 0 saturated heterocycles. The van der Waals surface area contributed by atoms with Crippen molar-refractivity contribution in [3.8, 4) is 0 Å². The van der Waals surface area contributed by atoms with Gasteiger partial charge >= 0.3 is 5.97 Å². The van der Waals surface area contributed by atoms with Gasteiger partial charge in [0.1, 0.15) is 5.82 Å². The number of hydrogen-bond acceptors (Lipinski definition) is 3. The summed E-state index contributed by atoms with van der Waals surface area (Å²) in [5, 5.41) is 17.4. The normalized spacial score (nSPS) is 10.1. The standard InChI is InChI=1S/C12H14FNO4/c13-10-4-2-1-3-9(10)12(18)14(7-8-15)6-5-11(16)17/h1-4,15H,5-8H2,(H,16,17). The van der Waals surface area contributed by atoms with Crippen molar-refractivity contribution >= 4 is 11.9 Å². The van der Waals surface area contributed by atoms with E-state index in [9.17, 15) is 14.0 Å². The minimum Gasteiger partial charge on any atom is -0.481 e. The lowest BCUT2D eigenvalue weighted by molar-refractivity contribution is -0.137. The molecule has 0 spiro atoms. The number of halogens is 1. The van der Waals surface area contributed by atoms with Crippen LogP contribution in [0.3, 0.4) is 0 Å². The number of amides is 1. The Hall–Kier alpha value is -1.95. The third kappa shape index (κ3) is 3.81. The Morgan fingerprint density at radius 3 is 2.44 bits per heavy atom. The Morgan fingerprint density at radius 1 is 1.22 bits per heavy atom. The lowest BCUT2D eigenvalue weighted by Crippen LogP contribution is -2.35. The predicted molar refractivity (Wildman–Crippen MR) is 61.6 cm³/mol. The predicted octanol–water partition coefficient (Wildman–Crippen LogP) is 0.735. The van der Waals surface area contributed by atoms with Crippen molar-refractivity contribution in [1.29, 1.82) is 0 Å². The number of benzene rings is 1. The summed E-state index contributed by atoms with van der Waals surface area (Å²) in [6, 6.07) is 5.45. The first kappa shape index (κ1) is 14.1. The van der Waals surface area contributed by atoms with E-state index in [1.807, 2.05) is 0 Å². The van der Waals surface area contributed by atoms with E-state index in [-0.39, 0.29) is 31.7 Å². The van der Waals surface area contributed by atoms with Crippen LogP contribution in [-0.2, 0) is 4.79 Å². The van der Waals surface area contributed by atoms with Crippen LogP contribution < -0.4 is 0 Å². The summed E-state index contributed by atoms with van der Waals surface area (Å²) in [5.74, 6) is -2.34. The average Bonchev–Trinajstić information content (AvgIpc) is 2.34. The van der Waals surface area contributed by atoms with Gasteiger partial charge in [-0.25, -0.2) is 4.39 Å². The van der Waals surface area contributed by atoms with E-state index in [0.29, 0.717) is 0 Å². The molecule has 0 heterocycles. The second-order valence-corrected chi connectivity index (χ2v) is 3.64. The van der Waals surface area contributed by atoms with E-state index in [1.165, 1.54) is 18.2 Å². The van der Waals surface area contributed by atoms with Crippen LogP contribution in [-0.4, -0.2) is 46.7 Å². The van der Waals surface area contributed by atoms with Crippen molar-refractivity contribution in [2.45, 2.75) is 6.42 Å². The molecule has 0 aliphatic heterocycles. The molecule has 0 unspecified atom stereocenters. The molecule has 2 N–H and O–H groups in total. The van der Waals surface area contributed by atoms with Gasteiger partial charge in [-0.1, -0.05) is 12.1 Å². The Balaban J connectivity index is 2.82. The highest BCUT2D eigenvalue weighted by atomic mass is 19.1. The van der Waals surface area contributed by atoms with Crippen LogP contribution in [0.5, 0.6) is 0 Å². The minimum absolute atomic E-state index is 0.0273. The van der Waals surface area contributed by atoms with Crippen molar-refractivity contribution in [3.05, 3.63) is 35.6 Å². The van der Waals surface area contributed by atoms with Crippen molar-refractivity contribution in [3.63, 3.8) is 0 Å². The Bertz CT molecular complexity index is 436. The smallest absolute Gasteiger partial charge is 0.305 e. The molecule has 0 fully saturated rings. The first-order valence-corrected chi connectivity index (χ1v) is 5.42. The molecule has 5 nitrogen and oxygen atoms in total. The first-order valence-electron chi connectivity index (χ1n) is 5.42. The van der Waals surface area contributed by atoms with E-state index < -0.39 is 17.7 Å². The van der Waals surface area contributed by atoms with E-state index in [1.54, 1.807) is 0 Å². The number of carboxylic acid groups (broad SMARTS) is 1. The van der Waals surface area contributed by atoms with Crippen LogP contribution in [0.4, 0.5) is 4.39 Å². The summed E-state index contributed by atoms with van der Waals surface area (Å²) in [6.07, 6.45) is -0.250. The number of aliphatic carboxylic acids is 1. The van der Waals surface area contributed by atoms with Crippen molar-refractivity contribution in [2.75, 3.05) is 19.7 Å². The first-order chi connectivity index (χ1) is 8.56. The zero-order valence-electron chi connectivity index (χ0n) is 9.67. The molecule has 0 saturated carbocycles. The fraction of sp³-hybridized carbons (Fsp3) is 0.333. The van der Waals surface area contributed by atoms with Gasteiger partial charge in [-0.15, -0.1) is 0 Å². The number of aliphatic hydroxyl groups excluding tert-OH is 1. The van der Waals surface area contributed by atoms with Gasteiger partial charge in [0.15, 0.2) is 0 Å². The van der Waals surface area contributed by atoms with E-state index >= 15 is 0 Å². The molecule has 0 aliphatic carbocycles. The maximum Gasteiger partial charge on any atom is 0.305 e. The minimum atomic E-state index is -1.06. The molecule has 0 bridgehead atoms. The second kappa shape index (κ2) is 6.70. The molecule has 0 aromatic heterocycles. The highest BCUT2D eigenvalue weighted by Gasteiger charge is 2.19. The highest BCUT2D eigenvalue weighted by molar-refractivity contribution is 5.94. The van der Waals surface area contributed by atoms with Gasteiger partial charge in [-0.2, -0.15) is 0 Å². The maximum atomic E-state index is 13.4. The molecule has 1 rings (SSSR count). The van der Waals surface area contributed by atoms with Crippen LogP contribution in [0, 0.1) is 5.82 Å². The van der Waals surface area contributed by atoms with Gasteiger partial charge < -0.3 is 15.1 Å². The fourth-order valence-corrected chi connectivity index (χ4v) is 1.47. The average molecular weight is 255 g/mol. The summed E-state index contributed by atoms with van der Waals surface area (Å²) < 4.78 is 13.4. The Kier molecular flexibility index (Phi) is 5.26. The van der Waals surface area contributed by atoms with Gasteiger partial charge in [0, 0.05) is 13.1 Å². The van der Waals surface area contributed by atoms with Crippen molar-refractivity contribution < 1.29 is 24.2 Å². The molecule has 0 atom stereocenters. The summed E-state index contributed by atoms with van der Waals surface area (Å²) in [7, 11) is 0. The van der Waals surface area contributed by atoms with Gasteiger partial charge in [-0.3, -0.25) is 9.59 Å². The summed E-state index contributed by atoms with van der Waals surface area (Å²) in [5.41, 5.74) is -0.128. The summed E-state index contributed by atoms with van der Waals surface area (Å²) in [6.45, 7) is -0.399. The third-order valence-electron chi connectivity index (χ3n) is 2.36. The molecule has 1 amide bonds. The van der Waals surface area contributed by atoms with Gasteiger partial charge in [0.05, 0.1) is 18.6 Å². The zero-order valence-corrected chi connectivity index (χ0v) is 9.67. The number of aliphatic hydroxyl groups is 1. The molecule has 6 heteroatoms. The Morgan fingerprint density at radius 2 is 1.89 bits per heavy atom. The highest BCUT2D eigenvalue weighted by Crippen LogP contribution is 2.10. The number of rotatable bonds is 6. The van der Waals surface area contributed by atoms with Crippen LogP contribution in [0.25, 0.3) is 0 Å². The topological polar surface area (TPSA) is 77.8 Å². The molecule has 0 radical (unpaired) electrons. The molecular weight excluding hydrogens is 241 g/mol. The van der Waals surface area contributed by atoms with Crippen LogP contribution >= 0.6 is 0 Å². The fourth-order valence-electron chi connectivity index (χ4n) is 1.47. The van der Waals surface area contributed by atoms with Gasteiger partial charge in [0.2, 0.25) is 0 Å². The van der Waals surface area contributed by atoms with E-state index in [0.717, 1.165) is 11.0 Å². The SMILES string of the molecule is O=C(O)CCN(CCO)C(=O)c1ccccc1F. The molecular formula is C12H14FNO4. The lowest BCUT2D eigenvalue weighted by Gasteiger charge is -2.21. The largest absolute Gasteiger partial charge is 0.481 e. The number of carboxylic acids is 1. The second-order valence-electron chi connectivity index (χ2n) is 3.64. The summed E-state index contributed by atoms with van der Waals surface area (Å²) >= 11 is 0. The van der Waals surface area contributed by atoms with Crippen LogP contribution in [0.15, 0.2) is 24.3 Å². The monoisotopic (exact) mass is 255 g/mol. The molecule has 1 aromatic carbocycles. The molecule has 0 aliphatic rings. The van der Waals surface area contributed by atoms with Crippen molar-refractivity contribution in [2.24, 2.45) is 0 Å².